The highest BCUT2D eigenvalue weighted by Gasteiger charge is 2.30. The normalized spacial score (nSPS) is 22.0. The summed E-state index contributed by atoms with van der Waals surface area (Å²) in [7, 11) is 0. The van der Waals surface area contributed by atoms with Gasteiger partial charge in [0.1, 0.15) is 23.6 Å². The number of aliphatic hydroxyl groups is 1. The van der Waals surface area contributed by atoms with Crippen molar-refractivity contribution in [3.05, 3.63) is 47.5 Å². The molecule has 0 unspecified atom stereocenters. The molecule has 0 aromatic heterocycles. The Balaban J connectivity index is 2.09. The van der Waals surface area contributed by atoms with Crippen LogP contribution < -0.4 is 22.1 Å². The molecule has 1 aliphatic heterocycles. The van der Waals surface area contributed by atoms with Crippen LogP contribution in [0.15, 0.2) is 36.4 Å². The number of rotatable bonds is 4. The van der Waals surface area contributed by atoms with Gasteiger partial charge in [0.2, 0.25) is 11.8 Å². The Labute approximate surface area is 195 Å². The van der Waals surface area contributed by atoms with Crippen LogP contribution in [0.2, 0.25) is 0 Å². The topological polar surface area (TPSA) is 208 Å². The third-order valence-electron chi connectivity index (χ3n) is 5.72. The van der Waals surface area contributed by atoms with E-state index in [2.05, 4.69) is 10.6 Å². The zero-order chi connectivity index (χ0) is 25.0. The molecule has 4 atom stereocenters. The minimum absolute atomic E-state index is 0.0536. The molecule has 2 amide bonds. The Hall–Kier alpha value is -3.67. The van der Waals surface area contributed by atoms with Gasteiger partial charge in [-0.05, 0) is 46.5 Å². The summed E-state index contributed by atoms with van der Waals surface area (Å²) in [5.74, 6) is -3.16. The molecule has 11 nitrogen and oxygen atoms in total. The minimum Gasteiger partial charge on any atom is -0.508 e. The summed E-state index contributed by atoms with van der Waals surface area (Å²) in [4.78, 5) is 37.5. The maximum Gasteiger partial charge on any atom is 0.326 e. The lowest BCUT2D eigenvalue weighted by Gasteiger charge is -2.24. The molecular weight excluding hydrogens is 444 g/mol. The second-order valence-corrected chi connectivity index (χ2v) is 8.29. The molecule has 0 radical (unpaired) electrons. The van der Waals surface area contributed by atoms with E-state index in [1.165, 1.54) is 12.1 Å². The summed E-state index contributed by atoms with van der Waals surface area (Å²) in [5.41, 5.74) is 13.4. The van der Waals surface area contributed by atoms with E-state index in [0.29, 0.717) is 16.7 Å². The highest BCUT2D eigenvalue weighted by molar-refractivity contribution is 5.92. The molecule has 10 N–H and O–H groups in total. The van der Waals surface area contributed by atoms with Crippen LogP contribution in [-0.2, 0) is 27.2 Å². The third kappa shape index (κ3) is 5.81. The summed E-state index contributed by atoms with van der Waals surface area (Å²) in [5, 5.41) is 45.0. The molecule has 0 fully saturated rings. The number of hydrogen-bond donors (Lipinski definition) is 8. The lowest BCUT2D eigenvalue weighted by molar-refractivity contribution is -0.142. The fraction of sp³-hybridized carbons (Fsp3) is 0.348. The zero-order valence-corrected chi connectivity index (χ0v) is 18.3. The highest BCUT2D eigenvalue weighted by atomic mass is 16.4. The van der Waals surface area contributed by atoms with E-state index >= 15 is 0 Å². The van der Waals surface area contributed by atoms with E-state index in [-0.39, 0.29) is 42.9 Å². The molecule has 0 aliphatic carbocycles. The smallest absolute Gasteiger partial charge is 0.326 e. The Morgan fingerprint density at radius 3 is 2.06 bits per heavy atom. The average molecular weight is 472 g/mol. The standard InChI is InChI=1S/C23H28N4O7/c24-10-15(28)9-17-22(32)27-18(23(33)34)8-14-6-12(2-4-20(14)30)11-1-3-19(29)13(5-11)7-16(25)21(31)26-17/h1-6,15-18,28-30H,7-10,24-25H2,(H,26,31)(H,27,32)(H,33,34)/t15-,16+,17+,18-/m1/s1. The first kappa shape index (κ1) is 25.0. The average Bonchev–Trinajstić information content (AvgIpc) is 2.79. The van der Waals surface area contributed by atoms with Gasteiger partial charge in [-0.2, -0.15) is 0 Å². The first-order valence-corrected chi connectivity index (χ1v) is 10.7. The maximum absolute atomic E-state index is 12.9. The van der Waals surface area contributed by atoms with Crippen molar-refractivity contribution in [2.24, 2.45) is 11.5 Å². The van der Waals surface area contributed by atoms with E-state index in [1.807, 2.05) is 0 Å². The van der Waals surface area contributed by atoms with Gasteiger partial charge in [0.25, 0.3) is 0 Å². The van der Waals surface area contributed by atoms with Gasteiger partial charge < -0.3 is 42.5 Å². The maximum atomic E-state index is 12.9. The van der Waals surface area contributed by atoms with E-state index in [0.717, 1.165) is 0 Å². The van der Waals surface area contributed by atoms with Gasteiger partial charge in [0, 0.05) is 25.8 Å². The first-order chi connectivity index (χ1) is 16.1. The van der Waals surface area contributed by atoms with Crippen LogP contribution in [0.1, 0.15) is 17.5 Å². The van der Waals surface area contributed by atoms with Crippen molar-refractivity contribution < 1.29 is 34.8 Å². The molecule has 182 valence electrons. The number of phenolic OH excluding ortho intramolecular Hbond substituents is 2. The number of nitrogens with one attached hydrogen (secondary N) is 2. The van der Waals surface area contributed by atoms with Crippen LogP contribution in [0.3, 0.4) is 0 Å². The number of aliphatic hydroxyl groups excluding tert-OH is 1. The van der Waals surface area contributed by atoms with Gasteiger partial charge >= 0.3 is 5.97 Å². The van der Waals surface area contributed by atoms with Gasteiger partial charge in [0.05, 0.1) is 12.1 Å². The van der Waals surface area contributed by atoms with Crippen LogP contribution >= 0.6 is 0 Å². The summed E-state index contributed by atoms with van der Waals surface area (Å²) >= 11 is 0. The van der Waals surface area contributed by atoms with E-state index in [1.54, 1.807) is 24.3 Å². The lowest BCUT2D eigenvalue weighted by Crippen LogP contribution is -2.56. The summed E-state index contributed by atoms with van der Waals surface area (Å²) in [6.45, 7) is -0.185. The van der Waals surface area contributed by atoms with Crippen LogP contribution in [-0.4, -0.2) is 69.0 Å². The Bertz CT molecular complexity index is 1090. The number of carbonyl (C=O) groups excluding carboxylic acids is 2. The second kappa shape index (κ2) is 10.5. The molecule has 4 bridgehead atoms. The van der Waals surface area contributed by atoms with Crippen molar-refractivity contribution in [3.63, 3.8) is 0 Å². The third-order valence-corrected chi connectivity index (χ3v) is 5.72. The molecule has 0 saturated heterocycles. The molecule has 0 spiro atoms. The first-order valence-electron chi connectivity index (χ1n) is 10.7. The number of phenols is 2. The van der Waals surface area contributed by atoms with Crippen LogP contribution in [0.4, 0.5) is 0 Å². The van der Waals surface area contributed by atoms with Crippen LogP contribution in [0, 0.1) is 0 Å². The largest absolute Gasteiger partial charge is 0.508 e. The number of carbonyl (C=O) groups is 3. The number of fused-ring (bicyclic) bond motifs is 5. The lowest BCUT2D eigenvalue weighted by atomic mass is 9.95. The number of aliphatic carboxylic acids is 1. The second-order valence-electron chi connectivity index (χ2n) is 8.29. The van der Waals surface area contributed by atoms with Crippen molar-refractivity contribution in [2.75, 3.05) is 6.54 Å². The summed E-state index contributed by atoms with van der Waals surface area (Å²) < 4.78 is 0. The van der Waals surface area contributed by atoms with Crippen molar-refractivity contribution in [2.45, 2.75) is 43.5 Å². The van der Waals surface area contributed by atoms with Gasteiger partial charge in [-0.1, -0.05) is 12.1 Å². The quantitative estimate of drug-likeness (QED) is 0.273. The van der Waals surface area contributed by atoms with E-state index < -0.39 is 42.0 Å². The molecule has 2 aromatic carbocycles. The number of carboxylic acid groups (broad SMARTS) is 1. The van der Waals surface area contributed by atoms with Crippen molar-refractivity contribution in [1.29, 1.82) is 0 Å². The molecule has 0 saturated carbocycles. The van der Waals surface area contributed by atoms with Crippen molar-refractivity contribution in [1.82, 2.24) is 10.6 Å². The Kier molecular flexibility index (Phi) is 7.72. The van der Waals surface area contributed by atoms with Crippen LogP contribution in [0.5, 0.6) is 11.5 Å². The zero-order valence-electron chi connectivity index (χ0n) is 18.3. The molecular formula is C23H28N4O7. The van der Waals surface area contributed by atoms with E-state index in [4.69, 9.17) is 11.5 Å². The monoisotopic (exact) mass is 472 g/mol. The Morgan fingerprint density at radius 1 is 0.971 bits per heavy atom. The molecule has 11 heteroatoms. The van der Waals surface area contributed by atoms with Gasteiger partial charge in [-0.25, -0.2) is 4.79 Å². The van der Waals surface area contributed by atoms with Gasteiger partial charge in [0.15, 0.2) is 0 Å². The number of carboxylic acids is 1. The summed E-state index contributed by atoms with van der Waals surface area (Å²) in [6.07, 6.45) is -1.71. The molecule has 1 aliphatic rings. The Morgan fingerprint density at radius 2 is 1.53 bits per heavy atom. The van der Waals surface area contributed by atoms with Crippen molar-refractivity contribution in [3.8, 4) is 22.6 Å². The SMILES string of the molecule is NC[C@H](O)C[C@@H]1NC(=O)[C@@H](N)Cc2cc(ccc2O)-c2ccc(O)c(c2)C[C@H](C(=O)O)NC1=O. The van der Waals surface area contributed by atoms with Gasteiger partial charge in [-0.3, -0.25) is 9.59 Å². The highest BCUT2D eigenvalue weighted by Crippen LogP contribution is 2.30. The molecule has 3 rings (SSSR count). The fourth-order valence-electron chi connectivity index (χ4n) is 3.76. The van der Waals surface area contributed by atoms with Crippen molar-refractivity contribution >= 4 is 17.8 Å². The number of nitrogens with two attached hydrogens (primary N) is 2. The molecule has 34 heavy (non-hydrogen) atoms. The fourth-order valence-corrected chi connectivity index (χ4v) is 3.76. The minimum atomic E-state index is -1.43. The molecule has 1 heterocycles. The van der Waals surface area contributed by atoms with Gasteiger partial charge in [-0.15, -0.1) is 0 Å². The van der Waals surface area contributed by atoms with Crippen LogP contribution in [0.25, 0.3) is 11.1 Å². The number of aromatic hydroxyl groups is 2. The predicted octanol–water partition coefficient (Wildman–Crippen LogP) is -1.05. The number of benzene rings is 2. The number of amides is 2. The van der Waals surface area contributed by atoms with E-state index in [9.17, 15) is 34.8 Å². The molecule has 2 aromatic rings. The number of hydrogen-bond acceptors (Lipinski definition) is 8. The predicted molar refractivity (Wildman–Crippen MR) is 122 cm³/mol. The summed E-state index contributed by atoms with van der Waals surface area (Å²) in [6, 6.07) is 5.46.